The molecular weight excluding hydrogens is 666 g/mol. The molecule has 7 heterocycles. The van der Waals surface area contributed by atoms with Crippen LogP contribution in [0.5, 0.6) is 0 Å². The third-order valence-corrected chi connectivity index (χ3v) is 10.5. The number of hydrogen-bond acceptors (Lipinski definition) is 16. The molecule has 19 nitrogen and oxygen atoms in total. The zero-order valence-electron chi connectivity index (χ0n) is 22.1. The molecule has 3 aliphatic rings. The van der Waals surface area contributed by atoms with Gasteiger partial charge in [0.2, 0.25) is 0 Å². The van der Waals surface area contributed by atoms with Crippen molar-refractivity contribution in [2.75, 3.05) is 18.9 Å². The maximum atomic E-state index is 13.1. The number of hydrogen-bond donors (Lipinski definition) is 5. The zero-order chi connectivity index (χ0) is 31.0. The fourth-order valence-electron chi connectivity index (χ4n) is 5.30. The largest absolute Gasteiger partial charge is 0.387 e. The van der Waals surface area contributed by atoms with E-state index >= 15 is 0 Å². The average Bonchev–Trinajstić information content (AvgIpc) is 3.74. The molecule has 6 N–H and O–H groups in total. The number of ether oxygens (including phenoxy) is 2. The van der Waals surface area contributed by atoms with Gasteiger partial charge in [0.05, 0.1) is 19.5 Å². The van der Waals surface area contributed by atoms with E-state index in [-0.39, 0.29) is 17.0 Å². The normalized spacial score (nSPS) is 38.3. The Bertz CT molecular complexity index is 1890. The van der Waals surface area contributed by atoms with Crippen LogP contribution in [-0.4, -0.2) is 103 Å². The van der Waals surface area contributed by atoms with Gasteiger partial charge < -0.3 is 44.3 Å². The van der Waals surface area contributed by atoms with Crippen LogP contribution in [-0.2, 0) is 51.2 Å². The van der Waals surface area contributed by atoms with E-state index in [0.717, 1.165) is 4.57 Å². The average molecular weight is 691 g/mol. The Balaban J connectivity index is 1.20. The maximum absolute atomic E-state index is 13.1. The van der Waals surface area contributed by atoms with Crippen LogP contribution in [0.4, 0.5) is 5.82 Å². The van der Waals surface area contributed by atoms with E-state index < -0.39 is 81.4 Å². The van der Waals surface area contributed by atoms with E-state index in [1.54, 1.807) is 0 Å². The second-order valence-electron chi connectivity index (χ2n) is 10.0. The standard InChI is InChI=1S/C21H24N8O11P2S2/c22-17-12-18(25-7-24-17)29(8-26-12)20-16-13(30)9(37-20)5-35-41(33,43)39-15-10(6-36-42(34,44)40-16)38-19(14(15)31)28-3-1-11-23-2-4-27(11)21(28)32/h1-4,7-10,13-16,19-20,30-31H,5-6H2,(H,33,43)(H,34,44)(H2,22,24,25)/t9-,10-,13-,14-,15-,16-,19-,20-,41?,42?/m1/s1. The van der Waals surface area contributed by atoms with Gasteiger partial charge in [-0.25, -0.2) is 24.7 Å². The highest BCUT2D eigenvalue weighted by Gasteiger charge is 2.52. The lowest BCUT2D eigenvalue weighted by Gasteiger charge is -2.28. The molecule has 0 saturated carbocycles. The number of nitrogens with zero attached hydrogens (tertiary/aromatic N) is 7. The number of aliphatic hydroxyl groups excluding tert-OH is 2. The van der Waals surface area contributed by atoms with E-state index in [4.69, 9.17) is 56.9 Å². The van der Waals surface area contributed by atoms with Crippen LogP contribution in [0.1, 0.15) is 12.5 Å². The first-order chi connectivity index (χ1) is 20.9. The minimum atomic E-state index is -4.19. The van der Waals surface area contributed by atoms with E-state index in [9.17, 15) is 24.8 Å². The minimum absolute atomic E-state index is 0.0966. The summed E-state index contributed by atoms with van der Waals surface area (Å²) in [5.41, 5.74) is 6.18. The molecule has 23 heteroatoms. The van der Waals surface area contributed by atoms with Gasteiger partial charge >= 0.3 is 19.1 Å². The molecule has 3 fully saturated rings. The second-order valence-corrected chi connectivity index (χ2v) is 15.6. The number of nitrogen functional groups attached to an aromatic ring is 1. The predicted octanol–water partition coefficient (Wildman–Crippen LogP) is -1.31. The lowest BCUT2D eigenvalue weighted by Crippen LogP contribution is -2.38. The molecule has 7 rings (SSSR count). The molecule has 44 heavy (non-hydrogen) atoms. The van der Waals surface area contributed by atoms with Crippen molar-refractivity contribution in [1.82, 2.24) is 33.5 Å². The van der Waals surface area contributed by atoms with Crippen molar-refractivity contribution in [2.24, 2.45) is 0 Å². The number of anilines is 1. The molecular formula is C21H24N8O11P2S2. The Hall–Kier alpha value is -2.33. The Kier molecular flexibility index (Phi) is 7.71. The summed E-state index contributed by atoms with van der Waals surface area (Å²) in [5.74, 6) is 0.0966. The SMILES string of the molecule is Nc1ncnc2c1ncn2[C@@H]1O[C@@H]2COP(O)(=S)O[C@H]3[C@@H](O)[C@H](n4ccc5nccn5c4=O)O[C@@H]3COP(O)(=S)O[C@@H]1[C@@H]2O. The number of aromatic nitrogens is 7. The monoisotopic (exact) mass is 690 g/mol. The van der Waals surface area contributed by atoms with Gasteiger partial charge in [-0.15, -0.1) is 0 Å². The van der Waals surface area contributed by atoms with Gasteiger partial charge in [0, 0.05) is 18.6 Å². The molecule has 4 aromatic rings. The molecule has 0 aromatic carbocycles. The molecule has 236 valence electrons. The van der Waals surface area contributed by atoms with Crippen molar-refractivity contribution in [3.05, 3.63) is 47.8 Å². The molecule has 2 bridgehead atoms. The van der Waals surface area contributed by atoms with Crippen LogP contribution in [0, 0.1) is 0 Å². The first-order valence-electron chi connectivity index (χ1n) is 12.9. The Morgan fingerprint density at radius 2 is 1.59 bits per heavy atom. The summed E-state index contributed by atoms with van der Waals surface area (Å²) in [6, 6.07) is 1.53. The predicted molar refractivity (Wildman–Crippen MR) is 154 cm³/mol. The van der Waals surface area contributed by atoms with Gasteiger partial charge in [-0.1, -0.05) is 0 Å². The lowest BCUT2D eigenvalue weighted by molar-refractivity contribution is -0.0622. The quantitative estimate of drug-likeness (QED) is 0.153. The van der Waals surface area contributed by atoms with Gasteiger partial charge in [0.15, 0.2) is 23.9 Å². The van der Waals surface area contributed by atoms with E-state index in [1.807, 2.05) is 0 Å². The number of imidazole rings is 2. The van der Waals surface area contributed by atoms with E-state index in [2.05, 4.69) is 19.9 Å². The Morgan fingerprint density at radius 3 is 2.36 bits per heavy atom. The Labute approximate surface area is 256 Å². The van der Waals surface area contributed by atoms with Crippen molar-refractivity contribution >= 4 is 59.7 Å². The highest BCUT2D eigenvalue weighted by Crippen LogP contribution is 2.53. The van der Waals surface area contributed by atoms with Crippen LogP contribution < -0.4 is 11.4 Å². The van der Waals surface area contributed by atoms with Gasteiger partial charge in [-0.05, 0) is 29.7 Å². The highest BCUT2D eigenvalue weighted by molar-refractivity contribution is 8.07. The summed E-state index contributed by atoms with van der Waals surface area (Å²) >= 11 is 10.5. The van der Waals surface area contributed by atoms with E-state index in [0.29, 0.717) is 5.65 Å². The topological polar surface area (TPSA) is 245 Å². The van der Waals surface area contributed by atoms with Crippen LogP contribution in [0.15, 0.2) is 42.1 Å². The smallest absolute Gasteiger partial charge is 0.336 e. The van der Waals surface area contributed by atoms with Crippen LogP contribution in [0.25, 0.3) is 16.8 Å². The van der Waals surface area contributed by atoms with Crippen LogP contribution >= 0.6 is 13.4 Å². The van der Waals surface area contributed by atoms with Crippen molar-refractivity contribution in [1.29, 1.82) is 0 Å². The number of nitrogens with two attached hydrogens (primary N) is 1. The van der Waals surface area contributed by atoms with Gasteiger partial charge in [-0.2, -0.15) is 0 Å². The summed E-state index contributed by atoms with van der Waals surface area (Å²) in [5, 5.41) is 22.4. The summed E-state index contributed by atoms with van der Waals surface area (Å²) in [6.07, 6.45) is -3.96. The number of aliphatic hydroxyl groups is 2. The zero-order valence-corrected chi connectivity index (χ0v) is 25.5. The van der Waals surface area contributed by atoms with Crippen molar-refractivity contribution < 1.29 is 47.6 Å². The van der Waals surface area contributed by atoms with Crippen molar-refractivity contribution in [3.63, 3.8) is 0 Å². The molecule has 0 spiro atoms. The summed E-state index contributed by atoms with van der Waals surface area (Å²) in [6.45, 7) is -9.40. The summed E-state index contributed by atoms with van der Waals surface area (Å²) in [7, 11) is 0. The van der Waals surface area contributed by atoms with Crippen LogP contribution in [0.3, 0.4) is 0 Å². The van der Waals surface area contributed by atoms with Crippen molar-refractivity contribution in [3.8, 4) is 0 Å². The molecule has 3 aliphatic heterocycles. The number of fused-ring (bicyclic) bond motifs is 5. The molecule has 3 saturated heterocycles. The lowest BCUT2D eigenvalue weighted by atomic mass is 10.1. The first-order valence-corrected chi connectivity index (χ1v) is 18.1. The molecule has 4 aromatic heterocycles. The fourth-order valence-corrected chi connectivity index (χ4v) is 8.15. The second kappa shape index (κ2) is 11.2. The Morgan fingerprint density at radius 1 is 0.886 bits per heavy atom. The van der Waals surface area contributed by atoms with Gasteiger partial charge in [-0.3, -0.25) is 22.6 Å². The third kappa shape index (κ3) is 5.31. The first kappa shape index (κ1) is 30.3. The van der Waals surface area contributed by atoms with Crippen LogP contribution in [0.2, 0.25) is 0 Å². The third-order valence-electron chi connectivity index (χ3n) is 7.35. The van der Waals surface area contributed by atoms with Gasteiger partial charge in [0.1, 0.15) is 54.1 Å². The van der Waals surface area contributed by atoms with E-state index in [1.165, 1.54) is 46.3 Å². The highest BCUT2D eigenvalue weighted by atomic mass is 32.5. The number of rotatable bonds is 2. The molecule has 0 amide bonds. The molecule has 0 aliphatic carbocycles. The van der Waals surface area contributed by atoms with Gasteiger partial charge in [0.25, 0.3) is 0 Å². The maximum Gasteiger partial charge on any atom is 0.336 e. The molecule has 10 atom stereocenters. The fraction of sp³-hybridized carbons (Fsp3) is 0.476. The minimum Gasteiger partial charge on any atom is -0.387 e. The summed E-state index contributed by atoms with van der Waals surface area (Å²) in [4.78, 5) is 51.5. The molecule has 2 unspecified atom stereocenters. The summed E-state index contributed by atoms with van der Waals surface area (Å²) < 4.78 is 38.2. The molecule has 0 radical (unpaired) electrons. The van der Waals surface area contributed by atoms with Crippen molar-refractivity contribution in [2.45, 2.75) is 49.1 Å².